The Hall–Kier alpha value is -7.32. The lowest BCUT2D eigenvalue weighted by Gasteiger charge is -2.30. The number of nitrogens with two attached hydrogens (primary N) is 3. The number of fused-ring (bicyclic) bond motifs is 1. The van der Waals surface area contributed by atoms with Gasteiger partial charge in [-0.25, -0.2) is 0 Å². The Kier molecular flexibility index (Phi) is 25.0. The van der Waals surface area contributed by atoms with Crippen LogP contribution in [-0.4, -0.2) is 157 Å². The van der Waals surface area contributed by atoms with Crippen LogP contribution in [0.15, 0.2) is 107 Å². The number of nitrogens with one attached hydrogen (secondary N) is 7. The summed E-state index contributed by atoms with van der Waals surface area (Å²) >= 11 is 1.45. The standard InChI is InChI=1S/C55H76N12O11S2/c1-34(2)30-42(63-51(72)43(31-35-14-6-4-7-15-35)64-49(70)41(24-29-79-3)62-48(69)39(56)20-12-25-61-55(57)58)50(71)66-45(33-68)52(73)65-44(32-36-16-8-5-9-17-36)54(75)67-28-13-22-46(67)53(74)60-27-26-59-40-21-10-19-38-37(40)18-11-23-47(38)80(76,77)78/h4-11,14-19,21,23,34,39,41-46,59,68H,12-13,20,22,24-33,56H2,1-3H3,(H,60,74)(H,62,69)(H,63,72)(H,64,70)(H,65,73)(H,66,71)(H4,57,58,61)(H,76,77,78)/t39-,41-,42-,43-,44-,45-,46-/m0/s1. The highest BCUT2D eigenvalue weighted by molar-refractivity contribution is 7.98. The minimum Gasteiger partial charge on any atom is -0.394 e. The van der Waals surface area contributed by atoms with Gasteiger partial charge in [-0.05, 0) is 79.7 Å². The van der Waals surface area contributed by atoms with Crippen LogP contribution in [0.25, 0.3) is 10.8 Å². The average molecular weight is 1150 g/mol. The van der Waals surface area contributed by atoms with E-state index in [9.17, 15) is 51.6 Å². The van der Waals surface area contributed by atoms with Crippen LogP contribution in [0.5, 0.6) is 0 Å². The first-order valence-corrected chi connectivity index (χ1v) is 29.4. The number of aliphatic hydroxyl groups is 1. The number of hydrogen-bond acceptors (Lipinski definition) is 14. The van der Waals surface area contributed by atoms with Gasteiger partial charge in [-0.1, -0.05) is 98.8 Å². The van der Waals surface area contributed by atoms with E-state index in [1.54, 1.807) is 84.9 Å². The third kappa shape index (κ3) is 19.5. The molecule has 0 saturated carbocycles. The molecule has 1 fully saturated rings. The fourth-order valence-electron chi connectivity index (χ4n) is 9.19. The maximum absolute atomic E-state index is 14.5. The van der Waals surface area contributed by atoms with Crippen molar-refractivity contribution in [3.8, 4) is 0 Å². The number of aliphatic hydroxyl groups excluding tert-OH is 1. The van der Waals surface area contributed by atoms with Crippen LogP contribution >= 0.6 is 11.8 Å². The Balaban J connectivity index is 1.27. The highest BCUT2D eigenvalue weighted by atomic mass is 32.2. The quantitative estimate of drug-likeness (QED) is 0.0143. The summed E-state index contributed by atoms with van der Waals surface area (Å²) in [6.07, 6.45) is 3.56. The third-order valence-electron chi connectivity index (χ3n) is 13.3. The summed E-state index contributed by atoms with van der Waals surface area (Å²) < 4.78 is 33.7. The van der Waals surface area contributed by atoms with Gasteiger partial charge in [0.05, 0.1) is 12.6 Å². The highest BCUT2D eigenvalue weighted by Crippen LogP contribution is 2.29. The van der Waals surface area contributed by atoms with Crippen molar-refractivity contribution in [3.05, 3.63) is 108 Å². The monoisotopic (exact) mass is 1140 g/mol. The Labute approximate surface area is 470 Å². The van der Waals surface area contributed by atoms with Gasteiger partial charge in [0.25, 0.3) is 10.1 Å². The van der Waals surface area contributed by atoms with Gasteiger partial charge in [-0.3, -0.25) is 43.1 Å². The molecule has 0 aliphatic carbocycles. The lowest BCUT2D eigenvalue weighted by Crippen LogP contribution is -2.61. The number of rotatable bonds is 31. The van der Waals surface area contributed by atoms with Gasteiger partial charge in [-0.15, -0.1) is 0 Å². The van der Waals surface area contributed by atoms with E-state index in [0.717, 1.165) is 0 Å². The zero-order valence-electron chi connectivity index (χ0n) is 45.3. The van der Waals surface area contributed by atoms with Crippen molar-refractivity contribution in [1.82, 2.24) is 36.8 Å². The molecule has 1 aliphatic rings. The van der Waals surface area contributed by atoms with Gasteiger partial charge >= 0.3 is 0 Å². The molecule has 4 aromatic rings. The van der Waals surface area contributed by atoms with Gasteiger partial charge in [0.1, 0.15) is 41.1 Å². The molecule has 0 unspecified atom stereocenters. The zero-order chi connectivity index (χ0) is 58.4. The van der Waals surface area contributed by atoms with Gasteiger partial charge in [0, 0.05) is 55.5 Å². The molecule has 80 heavy (non-hydrogen) atoms. The molecule has 0 radical (unpaired) electrons. The van der Waals surface area contributed by atoms with Crippen molar-refractivity contribution in [2.75, 3.05) is 50.1 Å². The SMILES string of the molecule is CSCC[C@H](NC(=O)[C@@H](N)CCCN=C(N)N)C(=O)N[C@@H](Cc1ccccc1)C(=O)N[C@@H](CC(C)C)C(=O)N[C@@H](CO)C(=O)N[C@@H](Cc1ccccc1)C(=O)N1CCC[C@H]1C(=O)NCCNc1cccc2c(S(=O)(=O)O)cccc12. The summed E-state index contributed by atoms with van der Waals surface area (Å²) in [4.78, 5) is 103. The molecule has 4 aromatic carbocycles. The fourth-order valence-corrected chi connectivity index (χ4v) is 10.4. The number of thioether (sulfide) groups is 1. The number of guanidine groups is 1. The molecule has 7 atom stereocenters. The van der Waals surface area contributed by atoms with Crippen molar-refractivity contribution in [1.29, 1.82) is 0 Å². The number of nitrogens with zero attached hydrogens (tertiary/aromatic N) is 2. The predicted molar refractivity (Wildman–Crippen MR) is 307 cm³/mol. The number of likely N-dealkylation sites (tertiary alicyclic amines) is 1. The van der Waals surface area contributed by atoms with Crippen LogP contribution in [0.1, 0.15) is 63.5 Å². The summed E-state index contributed by atoms with van der Waals surface area (Å²) in [7, 11) is -4.49. The smallest absolute Gasteiger partial charge is 0.295 e. The Bertz CT molecular complexity index is 2880. The van der Waals surface area contributed by atoms with Crippen LogP contribution in [0.3, 0.4) is 0 Å². The highest BCUT2D eigenvalue weighted by Gasteiger charge is 2.39. The molecule has 15 N–H and O–H groups in total. The summed E-state index contributed by atoms with van der Waals surface area (Å²) in [5, 5.41) is 31.0. The lowest BCUT2D eigenvalue weighted by atomic mass is 10.00. The van der Waals surface area contributed by atoms with Gasteiger partial charge < -0.3 is 64.4 Å². The second-order valence-electron chi connectivity index (χ2n) is 19.9. The Morgan fingerprint density at radius 3 is 1.89 bits per heavy atom. The minimum absolute atomic E-state index is 0.00622. The summed E-state index contributed by atoms with van der Waals surface area (Å²) in [6, 6.07) is 18.8. The van der Waals surface area contributed by atoms with Crippen molar-refractivity contribution in [2.45, 2.75) is 112 Å². The molecule has 25 heteroatoms. The number of hydrogen-bond donors (Lipinski definition) is 12. The van der Waals surface area contributed by atoms with Gasteiger partial charge in [-0.2, -0.15) is 20.2 Å². The molecular formula is C55H76N12O11S2. The topological polar surface area (TPSA) is 372 Å². The van der Waals surface area contributed by atoms with Gasteiger partial charge in [0.15, 0.2) is 5.96 Å². The molecule has 0 spiro atoms. The molecule has 5 rings (SSSR count). The molecule has 0 bridgehead atoms. The third-order valence-corrected chi connectivity index (χ3v) is 14.8. The molecule has 0 aromatic heterocycles. The van der Waals surface area contributed by atoms with Crippen LogP contribution in [0, 0.1) is 5.92 Å². The van der Waals surface area contributed by atoms with Crippen molar-refractivity contribution in [2.24, 2.45) is 28.1 Å². The Morgan fingerprint density at radius 2 is 1.26 bits per heavy atom. The molecule has 1 heterocycles. The molecule has 434 valence electrons. The van der Waals surface area contributed by atoms with E-state index in [2.05, 4.69) is 42.2 Å². The number of aliphatic imine (C=N–C) groups is 1. The van der Waals surface area contributed by atoms with E-state index in [-0.39, 0.29) is 75.1 Å². The lowest BCUT2D eigenvalue weighted by molar-refractivity contribution is -0.142. The largest absolute Gasteiger partial charge is 0.394 e. The van der Waals surface area contributed by atoms with Crippen molar-refractivity contribution >= 4 is 85.6 Å². The number of carbonyl (C=O) groups excluding carboxylic acids is 7. The molecule has 1 saturated heterocycles. The first kappa shape index (κ1) is 63.5. The molecule has 1 aliphatic heterocycles. The number of anilines is 1. The molecular weight excluding hydrogens is 1070 g/mol. The number of carbonyl (C=O) groups is 7. The normalized spacial score (nSPS) is 15.5. The van der Waals surface area contributed by atoms with E-state index in [4.69, 9.17) is 17.2 Å². The second kappa shape index (κ2) is 31.5. The maximum Gasteiger partial charge on any atom is 0.295 e. The first-order valence-electron chi connectivity index (χ1n) is 26.5. The Morgan fingerprint density at radius 1 is 0.700 bits per heavy atom. The van der Waals surface area contributed by atoms with Crippen LogP contribution < -0.4 is 54.4 Å². The second-order valence-corrected chi connectivity index (χ2v) is 22.2. The summed E-state index contributed by atoms with van der Waals surface area (Å²) in [5.74, 6) is -4.53. The first-order chi connectivity index (χ1) is 38.2. The molecule has 7 amide bonds. The summed E-state index contributed by atoms with van der Waals surface area (Å²) in [6.45, 7) is 3.53. The maximum atomic E-state index is 14.5. The van der Waals surface area contributed by atoms with E-state index in [0.29, 0.717) is 52.6 Å². The van der Waals surface area contributed by atoms with E-state index < -0.39 is 100 Å². The fraction of sp³-hybridized carbons (Fsp3) is 0.455. The van der Waals surface area contributed by atoms with Gasteiger partial charge in [0.2, 0.25) is 41.4 Å². The van der Waals surface area contributed by atoms with Crippen LogP contribution in [0.4, 0.5) is 5.69 Å². The van der Waals surface area contributed by atoms with Crippen LogP contribution in [0.2, 0.25) is 0 Å². The average Bonchev–Trinajstić information content (AvgIpc) is 3.94. The number of benzene rings is 4. The van der Waals surface area contributed by atoms with Crippen molar-refractivity contribution < 1.29 is 51.6 Å². The molecule has 23 nitrogen and oxygen atoms in total. The number of amides is 7. The minimum atomic E-state index is -4.49. The zero-order valence-corrected chi connectivity index (χ0v) is 46.9. The van der Waals surface area contributed by atoms with Crippen molar-refractivity contribution in [3.63, 3.8) is 0 Å². The van der Waals surface area contributed by atoms with E-state index >= 15 is 0 Å². The predicted octanol–water partition coefficient (Wildman–Crippen LogP) is 0.687. The van der Waals surface area contributed by atoms with E-state index in [1.807, 2.05) is 20.1 Å². The van der Waals surface area contributed by atoms with E-state index in [1.165, 1.54) is 28.8 Å². The summed E-state index contributed by atoms with van der Waals surface area (Å²) in [5.41, 5.74) is 18.9. The van der Waals surface area contributed by atoms with Crippen LogP contribution in [-0.2, 0) is 56.5 Å².